The van der Waals surface area contributed by atoms with Crippen molar-refractivity contribution in [3.8, 4) is 5.75 Å². The summed E-state index contributed by atoms with van der Waals surface area (Å²) in [6.07, 6.45) is 1.41. The first kappa shape index (κ1) is 11.7. The van der Waals surface area contributed by atoms with Crippen molar-refractivity contribution in [2.24, 2.45) is 0 Å². The second kappa shape index (κ2) is 4.59. The Morgan fingerprint density at radius 1 is 1.35 bits per heavy atom. The van der Waals surface area contributed by atoms with Crippen LogP contribution >= 0.6 is 0 Å². The van der Waals surface area contributed by atoms with Crippen molar-refractivity contribution in [2.75, 3.05) is 21.2 Å². The number of benzene rings is 1. The minimum absolute atomic E-state index is 0.363. The van der Waals surface area contributed by atoms with Gasteiger partial charge in [-0.2, -0.15) is 0 Å². The van der Waals surface area contributed by atoms with Crippen LogP contribution in [0.5, 0.6) is 5.75 Å². The largest absolute Gasteiger partial charge is 0.470 e. The topological polar surface area (TPSA) is 38.8 Å². The average Bonchev–Trinajstić information content (AvgIpc) is 2.36. The van der Waals surface area contributed by atoms with E-state index in [1.54, 1.807) is 0 Å². The first-order valence-electron chi connectivity index (χ1n) is 5.35. The highest BCUT2D eigenvalue weighted by molar-refractivity contribution is 5.95. The molecule has 0 saturated heterocycles. The van der Waals surface area contributed by atoms with Crippen molar-refractivity contribution in [1.29, 1.82) is 0 Å². The van der Waals surface area contributed by atoms with Gasteiger partial charge in [0.2, 0.25) is 0 Å². The Bertz CT molecular complexity index is 465. The van der Waals surface area contributed by atoms with E-state index in [9.17, 15) is 4.79 Å². The highest BCUT2D eigenvalue weighted by Gasteiger charge is 2.29. The van der Waals surface area contributed by atoms with Crippen LogP contribution in [0.25, 0.3) is 6.08 Å². The number of ether oxygens (including phenoxy) is 2. The smallest absolute Gasteiger partial charge is 0.338 e. The van der Waals surface area contributed by atoms with Gasteiger partial charge < -0.3 is 9.47 Å². The fourth-order valence-electron chi connectivity index (χ4n) is 1.79. The second-order valence-electron chi connectivity index (χ2n) is 4.06. The summed E-state index contributed by atoms with van der Waals surface area (Å²) in [6.45, 7) is 0. The Labute approximate surface area is 100 Å². The predicted octanol–water partition coefficient (Wildman–Crippen LogP) is 1.52. The first-order valence-corrected chi connectivity index (χ1v) is 5.35. The Morgan fingerprint density at radius 2 is 2.06 bits per heavy atom. The minimum atomic E-state index is -0.405. The van der Waals surface area contributed by atoms with E-state index in [-0.39, 0.29) is 5.97 Å². The lowest BCUT2D eigenvalue weighted by molar-refractivity contribution is -0.138. The van der Waals surface area contributed by atoms with Gasteiger partial charge in [-0.1, -0.05) is 18.2 Å². The SMILES string of the molecule is COC(=O)C1=Cc2ccccc2OC1N(C)C. The second-order valence-corrected chi connectivity index (χ2v) is 4.06. The molecule has 0 amide bonds. The number of nitrogens with zero attached hydrogens (tertiary/aromatic N) is 1. The highest BCUT2D eigenvalue weighted by Crippen LogP contribution is 2.30. The maximum Gasteiger partial charge on any atom is 0.338 e. The molecule has 17 heavy (non-hydrogen) atoms. The van der Waals surface area contributed by atoms with Crippen LogP contribution in [-0.4, -0.2) is 38.3 Å². The average molecular weight is 233 g/mol. The molecule has 2 rings (SSSR count). The van der Waals surface area contributed by atoms with Gasteiger partial charge in [0, 0.05) is 5.56 Å². The third-order valence-electron chi connectivity index (χ3n) is 2.62. The van der Waals surface area contributed by atoms with Crippen molar-refractivity contribution in [3.05, 3.63) is 35.4 Å². The number of hydrogen-bond donors (Lipinski definition) is 0. The van der Waals surface area contributed by atoms with Crippen molar-refractivity contribution < 1.29 is 14.3 Å². The van der Waals surface area contributed by atoms with E-state index in [2.05, 4.69) is 0 Å². The molecule has 1 atom stereocenters. The van der Waals surface area contributed by atoms with E-state index < -0.39 is 6.23 Å². The lowest BCUT2D eigenvalue weighted by Crippen LogP contribution is -2.39. The molecule has 0 fully saturated rings. The monoisotopic (exact) mass is 233 g/mol. The van der Waals surface area contributed by atoms with Crippen LogP contribution < -0.4 is 4.74 Å². The number of fused-ring (bicyclic) bond motifs is 1. The zero-order chi connectivity index (χ0) is 12.4. The molecular formula is C13H15NO3. The molecule has 0 radical (unpaired) electrons. The number of para-hydroxylation sites is 1. The summed E-state index contributed by atoms with van der Waals surface area (Å²) < 4.78 is 10.6. The fraction of sp³-hybridized carbons (Fsp3) is 0.308. The standard InChI is InChI=1S/C13H15NO3/c1-14(2)12-10(13(15)16-3)8-9-6-4-5-7-11(9)17-12/h4-8,12H,1-3H3. The van der Waals surface area contributed by atoms with Crippen molar-refractivity contribution in [2.45, 2.75) is 6.23 Å². The van der Waals surface area contributed by atoms with Crippen molar-refractivity contribution in [3.63, 3.8) is 0 Å². The summed E-state index contributed by atoms with van der Waals surface area (Å²) >= 11 is 0. The van der Waals surface area contributed by atoms with Crippen LogP contribution in [0.4, 0.5) is 0 Å². The van der Waals surface area contributed by atoms with Gasteiger partial charge in [0.15, 0.2) is 6.23 Å². The number of rotatable bonds is 2. The quantitative estimate of drug-likeness (QED) is 0.726. The molecule has 1 heterocycles. The summed E-state index contributed by atoms with van der Waals surface area (Å²) in [7, 11) is 5.08. The van der Waals surface area contributed by atoms with Crippen LogP contribution in [0.3, 0.4) is 0 Å². The number of esters is 1. The normalized spacial score (nSPS) is 18.1. The van der Waals surface area contributed by atoms with E-state index in [4.69, 9.17) is 9.47 Å². The van der Waals surface area contributed by atoms with Crippen molar-refractivity contribution >= 4 is 12.0 Å². The molecule has 0 aromatic heterocycles. The highest BCUT2D eigenvalue weighted by atomic mass is 16.5. The van der Waals surface area contributed by atoms with E-state index in [1.807, 2.05) is 49.3 Å². The third-order valence-corrected chi connectivity index (χ3v) is 2.62. The zero-order valence-electron chi connectivity index (χ0n) is 10.1. The van der Waals surface area contributed by atoms with Crippen LogP contribution in [0.15, 0.2) is 29.8 Å². The molecule has 4 heteroatoms. The number of carbonyl (C=O) groups excluding carboxylic acids is 1. The van der Waals surface area contributed by atoms with Crippen LogP contribution in [0, 0.1) is 0 Å². The zero-order valence-corrected chi connectivity index (χ0v) is 10.1. The third kappa shape index (κ3) is 2.17. The molecule has 0 bridgehead atoms. The maximum absolute atomic E-state index is 11.7. The van der Waals surface area contributed by atoms with E-state index >= 15 is 0 Å². The fourth-order valence-corrected chi connectivity index (χ4v) is 1.79. The van der Waals surface area contributed by atoms with E-state index in [0.717, 1.165) is 11.3 Å². The van der Waals surface area contributed by atoms with Gasteiger partial charge in [-0.3, -0.25) is 4.90 Å². The molecular weight excluding hydrogens is 218 g/mol. The molecule has 0 N–H and O–H groups in total. The molecule has 0 saturated carbocycles. The molecule has 1 unspecified atom stereocenters. The number of likely N-dealkylation sites (N-methyl/N-ethyl adjacent to an activating group) is 1. The Balaban J connectivity index is 2.45. The van der Waals surface area contributed by atoms with Gasteiger partial charge in [-0.05, 0) is 26.2 Å². The lowest BCUT2D eigenvalue weighted by Gasteiger charge is -2.30. The van der Waals surface area contributed by atoms with Gasteiger partial charge in [-0.15, -0.1) is 0 Å². The summed E-state index contributed by atoms with van der Waals surface area (Å²) in [5, 5.41) is 0. The molecule has 4 nitrogen and oxygen atoms in total. The number of hydrogen-bond acceptors (Lipinski definition) is 4. The minimum Gasteiger partial charge on any atom is -0.470 e. The summed E-state index contributed by atoms with van der Waals surface area (Å²) in [4.78, 5) is 13.5. The molecule has 90 valence electrons. The van der Waals surface area contributed by atoms with Gasteiger partial charge in [0.05, 0.1) is 12.7 Å². The number of methoxy groups -OCH3 is 1. The van der Waals surface area contributed by atoms with Gasteiger partial charge in [0.25, 0.3) is 0 Å². The predicted molar refractivity (Wildman–Crippen MR) is 64.5 cm³/mol. The molecule has 1 aromatic rings. The molecule has 0 spiro atoms. The lowest BCUT2D eigenvalue weighted by atomic mass is 10.1. The van der Waals surface area contributed by atoms with Crippen LogP contribution in [0.2, 0.25) is 0 Å². The summed E-state index contributed by atoms with van der Waals surface area (Å²) in [6, 6.07) is 7.60. The summed E-state index contributed by atoms with van der Waals surface area (Å²) in [5.41, 5.74) is 1.40. The first-order chi connectivity index (χ1) is 8.13. The van der Waals surface area contributed by atoms with E-state index in [1.165, 1.54) is 7.11 Å². The van der Waals surface area contributed by atoms with Crippen LogP contribution in [-0.2, 0) is 9.53 Å². The van der Waals surface area contributed by atoms with Gasteiger partial charge in [0.1, 0.15) is 5.75 Å². The molecule has 1 aliphatic heterocycles. The summed E-state index contributed by atoms with van der Waals surface area (Å²) in [5.74, 6) is 0.414. The van der Waals surface area contributed by atoms with Crippen molar-refractivity contribution in [1.82, 2.24) is 4.90 Å². The molecule has 1 aromatic carbocycles. The molecule has 1 aliphatic rings. The van der Waals surface area contributed by atoms with Crippen LogP contribution in [0.1, 0.15) is 5.56 Å². The Hall–Kier alpha value is -1.81. The maximum atomic E-state index is 11.7. The van der Waals surface area contributed by atoms with Gasteiger partial charge in [-0.25, -0.2) is 4.79 Å². The Kier molecular flexibility index (Phi) is 3.15. The van der Waals surface area contributed by atoms with E-state index in [0.29, 0.717) is 5.57 Å². The van der Waals surface area contributed by atoms with Gasteiger partial charge >= 0.3 is 5.97 Å². The molecule has 0 aliphatic carbocycles. The number of carbonyl (C=O) groups is 1. The Morgan fingerprint density at radius 3 is 2.71 bits per heavy atom.